The molecule has 0 saturated heterocycles. The van der Waals surface area contributed by atoms with E-state index in [1.54, 1.807) is 13.8 Å². The van der Waals surface area contributed by atoms with Crippen LogP contribution in [-0.4, -0.2) is 28.7 Å². The molecular weight excluding hydrogens is 211 g/mol. The van der Waals surface area contributed by atoms with Gasteiger partial charge in [-0.15, -0.1) is 0 Å². The Balaban J connectivity index is 3.94. The molecule has 0 bridgehead atoms. The molecule has 0 atom stereocenters. The van der Waals surface area contributed by atoms with Gasteiger partial charge in [0.1, 0.15) is 0 Å². The predicted octanol–water partition coefficient (Wildman–Crippen LogP) is 1.47. The smallest absolute Gasteiger partial charge is 0.359 e. The lowest BCUT2D eigenvalue weighted by Gasteiger charge is -2.21. The van der Waals surface area contributed by atoms with Crippen molar-refractivity contribution in [3.05, 3.63) is 0 Å². The molecule has 2 nitrogen and oxygen atoms in total. The molecule has 6 heteroatoms. The summed E-state index contributed by atoms with van der Waals surface area (Å²) in [5.41, 5.74) is 0. The molecule has 1 N–H and O–H groups in total. The van der Waals surface area contributed by atoms with Gasteiger partial charge >= 0.3 is 6.18 Å². The number of carbonyl (C=O) groups is 1. The fourth-order valence-corrected chi connectivity index (χ4v) is 3.05. The lowest BCUT2D eigenvalue weighted by Crippen LogP contribution is -2.33. The molecule has 0 unspecified atom stereocenters. The highest BCUT2D eigenvalue weighted by molar-refractivity contribution is 6.46. The highest BCUT2D eigenvalue weighted by Gasteiger charge is 2.31. The van der Waals surface area contributed by atoms with Crippen molar-refractivity contribution in [2.24, 2.45) is 0 Å². The van der Waals surface area contributed by atoms with Crippen LogP contribution in [0.3, 0.4) is 0 Å². The third-order valence-corrected chi connectivity index (χ3v) is 4.38. The lowest BCUT2D eigenvalue weighted by atomic mass is 10.2. The zero-order valence-corrected chi connectivity index (χ0v) is 10.1. The first kappa shape index (κ1) is 13.5. The van der Waals surface area contributed by atoms with Crippen LogP contribution in [0.25, 0.3) is 0 Å². The molecule has 0 heterocycles. The molecule has 0 aliphatic carbocycles. The summed E-state index contributed by atoms with van der Waals surface area (Å²) >= 11 is 0. The Morgan fingerprint density at radius 2 is 1.86 bits per heavy atom. The monoisotopic (exact) mass is 227 g/mol. The van der Waals surface area contributed by atoms with Crippen LogP contribution in [0.1, 0.15) is 20.3 Å². The Hall–Kier alpha value is -0.523. The minimum absolute atomic E-state index is 0.129. The number of alkyl halides is 3. The first-order valence-corrected chi connectivity index (χ1v) is 6.19. The minimum Gasteiger partial charge on any atom is -0.359 e. The summed E-state index contributed by atoms with van der Waals surface area (Å²) in [7, 11) is 0.471. The van der Waals surface area contributed by atoms with Gasteiger partial charge in [-0.05, 0) is 0 Å². The fourth-order valence-electron chi connectivity index (χ4n) is 1.18. The molecule has 0 aliphatic rings. The second kappa shape index (κ2) is 4.81. The van der Waals surface area contributed by atoms with E-state index in [-0.39, 0.29) is 12.0 Å². The average molecular weight is 227 g/mol. The number of hydrogen-bond acceptors (Lipinski definition) is 1. The molecular formula is C8H16F3NOSi. The summed E-state index contributed by atoms with van der Waals surface area (Å²) in [4.78, 5) is 11.2. The van der Waals surface area contributed by atoms with Gasteiger partial charge in [0, 0.05) is 28.0 Å². The van der Waals surface area contributed by atoms with Crippen molar-refractivity contribution >= 4 is 15.4 Å². The van der Waals surface area contributed by atoms with Gasteiger partial charge in [-0.3, -0.25) is 4.79 Å². The van der Waals surface area contributed by atoms with E-state index in [9.17, 15) is 18.0 Å². The molecule has 0 radical (unpaired) electrons. The quantitative estimate of drug-likeness (QED) is 0.724. The molecule has 84 valence electrons. The number of nitrogens with one attached hydrogen (secondary N) is 1. The highest BCUT2D eigenvalue weighted by atomic mass is 28.2. The van der Waals surface area contributed by atoms with Crippen LogP contribution in [0.2, 0.25) is 11.1 Å². The Labute approximate surface area is 84.1 Å². The van der Waals surface area contributed by atoms with Gasteiger partial charge in [0.15, 0.2) is 0 Å². The van der Waals surface area contributed by atoms with E-state index in [0.29, 0.717) is 0 Å². The Kier molecular flexibility index (Phi) is 4.63. The fraction of sp³-hybridized carbons (Fsp3) is 0.875. The number of carbonyl (C=O) groups excluding carboxylic acids is 1. The zero-order valence-electron chi connectivity index (χ0n) is 8.66. The first-order valence-electron chi connectivity index (χ1n) is 4.48. The topological polar surface area (TPSA) is 29.1 Å². The zero-order chi connectivity index (χ0) is 11.4. The largest absolute Gasteiger partial charge is 0.388 e. The maximum absolute atomic E-state index is 11.8. The summed E-state index contributed by atoms with van der Waals surface area (Å²) in [6.07, 6.45) is -4.86. The van der Waals surface area contributed by atoms with Gasteiger partial charge in [0.25, 0.3) is 0 Å². The molecule has 0 fully saturated rings. The van der Waals surface area contributed by atoms with E-state index in [2.05, 4.69) is 5.32 Å². The maximum atomic E-state index is 11.8. The van der Waals surface area contributed by atoms with Crippen LogP contribution in [0.5, 0.6) is 0 Å². The Bertz CT molecular complexity index is 203. The number of hydrogen-bond donors (Lipinski definition) is 1. The van der Waals surface area contributed by atoms with Gasteiger partial charge in [-0.2, -0.15) is 13.2 Å². The van der Waals surface area contributed by atoms with Gasteiger partial charge < -0.3 is 5.32 Å². The van der Waals surface area contributed by atoms with Crippen molar-refractivity contribution in [3.63, 3.8) is 0 Å². The van der Waals surface area contributed by atoms with Crippen molar-refractivity contribution in [2.75, 3.05) is 7.05 Å². The second-order valence-corrected chi connectivity index (χ2v) is 6.91. The normalized spacial score (nSPS) is 13.6. The van der Waals surface area contributed by atoms with Gasteiger partial charge in [0.2, 0.25) is 5.91 Å². The first-order chi connectivity index (χ1) is 6.19. The van der Waals surface area contributed by atoms with Crippen LogP contribution >= 0.6 is 0 Å². The Morgan fingerprint density at radius 3 is 2.21 bits per heavy atom. The summed E-state index contributed by atoms with van der Waals surface area (Å²) in [6.45, 7) is 3.41. The van der Waals surface area contributed by atoms with Crippen LogP contribution in [0, 0.1) is 0 Å². The molecule has 0 aliphatic heterocycles. The molecule has 0 spiro atoms. The third kappa shape index (κ3) is 5.26. The molecule has 0 aromatic rings. The number of halogens is 3. The Morgan fingerprint density at radius 1 is 1.36 bits per heavy atom. The lowest BCUT2D eigenvalue weighted by molar-refractivity contribution is -0.131. The van der Waals surface area contributed by atoms with Crippen molar-refractivity contribution in [1.29, 1.82) is 0 Å². The maximum Gasteiger partial charge on any atom is 0.388 e. The number of amides is 1. The SMILES string of the molecule is CNC(=O)C(C)(C)[SiH2]CCC(F)(F)F. The van der Waals surface area contributed by atoms with Crippen LogP contribution in [-0.2, 0) is 4.79 Å². The van der Waals surface area contributed by atoms with Crippen molar-refractivity contribution in [1.82, 2.24) is 5.32 Å². The van der Waals surface area contributed by atoms with Gasteiger partial charge in [-0.25, -0.2) is 0 Å². The van der Waals surface area contributed by atoms with E-state index < -0.39 is 27.2 Å². The molecule has 0 aromatic carbocycles. The summed E-state index contributed by atoms with van der Waals surface area (Å²) in [5, 5.41) is 1.88. The summed E-state index contributed by atoms with van der Waals surface area (Å²) in [5.74, 6) is -0.161. The third-order valence-electron chi connectivity index (χ3n) is 2.10. The van der Waals surface area contributed by atoms with E-state index in [0.717, 1.165) is 0 Å². The number of rotatable bonds is 4. The molecule has 0 saturated carbocycles. The second-order valence-electron chi connectivity index (χ2n) is 3.93. The molecule has 1 amide bonds. The molecule has 0 aromatic heterocycles. The molecule has 14 heavy (non-hydrogen) atoms. The van der Waals surface area contributed by atoms with Crippen LogP contribution in [0.15, 0.2) is 0 Å². The van der Waals surface area contributed by atoms with Crippen molar-refractivity contribution < 1.29 is 18.0 Å². The highest BCUT2D eigenvalue weighted by Crippen LogP contribution is 2.28. The van der Waals surface area contributed by atoms with Crippen LogP contribution < -0.4 is 5.32 Å². The average Bonchev–Trinajstić information content (AvgIpc) is 2.00. The van der Waals surface area contributed by atoms with Crippen molar-refractivity contribution in [3.8, 4) is 0 Å². The van der Waals surface area contributed by atoms with E-state index in [4.69, 9.17) is 0 Å². The van der Waals surface area contributed by atoms with Gasteiger partial charge in [-0.1, -0.05) is 19.9 Å². The van der Waals surface area contributed by atoms with E-state index >= 15 is 0 Å². The van der Waals surface area contributed by atoms with Gasteiger partial charge in [0.05, 0.1) is 0 Å². The van der Waals surface area contributed by atoms with E-state index in [1.165, 1.54) is 7.05 Å². The minimum atomic E-state index is -4.09. The summed E-state index contributed by atoms with van der Waals surface area (Å²) < 4.78 is 35.5. The molecule has 0 rings (SSSR count). The van der Waals surface area contributed by atoms with E-state index in [1.807, 2.05) is 0 Å². The predicted molar refractivity (Wildman–Crippen MR) is 52.1 cm³/mol. The van der Waals surface area contributed by atoms with Crippen LogP contribution in [0.4, 0.5) is 13.2 Å². The van der Waals surface area contributed by atoms with Crippen molar-refractivity contribution in [2.45, 2.75) is 37.5 Å². The summed E-state index contributed by atoms with van der Waals surface area (Å²) in [6, 6.07) is 0.129. The standard InChI is InChI=1S/C8H16F3NOSi/c1-7(2,6(13)12-3)14-5-4-8(9,10)11/h4-5,14H2,1-3H3,(H,12,13).